The fourth-order valence-corrected chi connectivity index (χ4v) is 4.00. The van der Waals surface area contributed by atoms with Gasteiger partial charge >= 0.3 is 0 Å². The van der Waals surface area contributed by atoms with E-state index < -0.39 is 0 Å². The van der Waals surface area contributed by atoms with Crippen LogP contribution in [0.25, 0.3) is 5.65 Å². The third-order valence-corrected chi connectivity index (χ3v) is 6.19. The first-order valence-electron chi connectivity index (χ1n) is 10.9. The van der Waals surface area contributed by atoms with Crippen molar-refractivity contribution in [3.05, 3.63) is 82.7 Å². The van der Waals surface area contributed by atoms with Crippen LogP contribution in [0.2, 0.25) is 0 Å². The minimum Gasteiger partial charge on any atom is -0.352 e. The van der Waals surface area contributed by atoms with Crippen molar-refractivity contribution in [1.82, 2.24) is 25.1 Å². The van der Waals surface area contributed by atoms with Crippen molar-refractivity contribution in [3.8, 4) is 0 Å². The Hall–Kier alpha value is -3.72. The number of carbonyl (C=O) groups is 2. The molecule has 0 atom stereocenters. The van der Waals surface area contributed by atoms with E-state index in [-0.39, 0.29) is 17.6 Å². The maximum Gasteiger partial charge on any atom is 0.251 e. The molecule has 0 bridgehead atoms. The Bertz CT molecular complexity index is 1330. The Labute approximate surface area is 202 Å². The molecule has 0 spiro atoms. The van der Waals surface area contributed by atoms with E-state index in [0.29, 0.717) is 35.0 Å². The number of aromatic nitrogens is 4. The molecule has 2 heterocycles. The van der Waals surface area contributed by atoms with Crippen LogP contribution in [0.3, 0.4) is 0 Å². The van der Waals surface area contributed by atoms with Gasteiger partial charge in [-0.1, -0.05) is 41.6 Å². The highest BCUT2D eigenvalue weighted by atomic mass is 32.2. The molecular formula is C25H26N6O2S. The van der Waals surface area contributed by atoms with Gasteiger partial charge < -0.3 is 10.6 Å². The standard InChI is InChI=1S/C25H26N6O2S/c1-16-5-8-19(9-6-16)25(33)26-13-12-22-29-28-21-10-11-24(30-31(21)22)34-15-23(32)27-20-14-17(2)4-7-18(20)3/h4-11,14H,12-13,15H2,1-3H3,(H,26,33)(H,27,32). The van der Waals surface area contributed by atoms with Crippen LogP contribution in [0.5, 0.6) is 0 Å². The molecule has 0 aliphatic rings. The number of aryl methyl sites for hydroxylation is 3. The molecule has 0 saturated heterocycles. The van der Waals surface area contributed by atoms with Crippen molar-refractivity contribution in [2.45, 2.75) is 32.2 Å². The summed E-state index contributed by atoms with van der Waals surface area (Å²) in [7, 11) is 0. The molecule has 4 rings (SSSR count). The summed E-state index contributed by atoms with van der Waals surface area (Å²) in [5, 5.41) is 19.5. The Morgan fingerprint density at radius 3 is 2.50 bits per heavy atom. The number of carbonyl (C=O) groups excluding carboxylic acids is 2. The van der Waals surface area contributed by atoms with Crippen LogP contribution in [-0.4, -0.2) is 43.9 Å². The van der Waals surface area contributed by atoms with Crippen molar-refractivity contribution >= 4 is 34.9 Å². The van der Waals surface area contributed by atoms with E-state index in [1.165, 1.54) is 11.8 Å². The van der Waals surface area contributed by atoms with Crippen molar-refractivity contribution in [3.63, 3.8) is 0 Å². The zero-order valence-corrected chi connectivity index (χ0v) is 20.1. The molecule has 8 nitrogen and oxygen atoms in total. The minimum absolute atomic E-state index is 0.0941. The fourth-order valence-electron chi connectivity index (χ4n) is 3.34. The molecular weight excluding hydrogens is 448 g/mol. The molecule has 2 N–H and O–H groups in total. The summed E-state index contributed by atoms with van der Waals surface area (Å²) in [6.45, 7) is 6.35. The Morgan fingerprint density at radius 2 is 1.71 bits per heavy atom. The maximum atomic E-state index is 12.4. The van der Waals surface area contributed by atoms with Gasteiger partial charge in [-0.05, 0) is 62.2 Å². The predicted octanol–water partition coefficient (Wildman–Crippen LogP) is 3.75. The van der Waals surface area contributed by atoms with Crippen LogP contribution in [0, 0.1) is 20.8 Å². The summed E-state index contributed by atoms with van der Waals surface area (Å²) in [4.78, 5) is 24.8. The van der Waals surface area contributed by atoms with Gasteiger partial charge in [-0.25, -0.2) is 0 Å². The summed E-state index contributed by atoms with van der Waals surface area (Å²) >= 11 is 1.34. The van der Waals surface area contributed by atoms with Gasteiger partial charge in [0.25, 0.3) is 5.91 Å². The second-order valence-corrected chi connectivity index (χ2v) is 9.08. The van der Waals surface area contributed by atoms with Gasteiger partial charge in [0.1, 0.15) is 5.03 Å². The molecule has 2 aromatic heterocycles. The minimum atomic E-state index is -0.132. The lowest BCUT2D eigenvalue weighted by molar-refractivity contribution is -0.113. The molecule has 2 aromatic carbocycles. The van der Waals surface area contributed by atoms with Gasteiger partial charge in [-0.3, -0.25) is 9.59 Å². The first-order valence-corrected chi connectivity index (χ1v) is 11.9. The third-order valence-electron chi connectivity index (χ3n) is 5.27. The SMILES string of the molecule is Cc1ccc(C(=O)NCCc2nnc3ccc(SCC(=O)Nc4cc(C)ccc4C)nn23)cc1. The predicted molar refractivity (Wildman–Crippen MR) is 133 cm³/mol. The largest absolute Gasteiger partial charge is 0.352 e. The number of amides is 2. The number of nitrogens with one attached hydrogen (secondary N) is 2. The molecule has 174 valence electrons. The van der Waals surface area contributed by atoms with Gasteiger partial charge in [0.2, 0.25) is 5.91 Å². The van der Waals surface area contributed by atoms with Crippen LogP contribution >= 0.6 is 11.8 Å². The summed E-state index contributed by atoms with van der Waals surface area (Å²) in [5.41, 5.74) is 5.27. The third kappa shape index (κ3) is 5.79. The van der Waals surface area contributed by atoms with Crippen LogP contribution in [0.1, 0.15) is 32.9 Å². The van der Waals surface area contributed by atoms with Crippen molar-refractivity contribution in [2.75, 3.05) is 17.6 Å². The smallest absolute Gasteiger partial charge is 0.251 e. The lowest BCUT2D eigenvalue weighted by Crippen LogP contribution is -2.26. The maximum absolute atomic E-state index is 12.4. The van der Waals surface area contributed by atoms with Crippen LogP contribution in [0.4, 0.5) is 5.69 Å². The first kappa shape index (κ1) is 23.4. The first-order chi connectivity index (χ1) is 16.4. The molecule has 0 fully saturated rings. The zero-order chi connectivity index (χ0) is 24.1. The topological polar surface area (TPSA) is 101 Å². The summed E-state index contributed by atoms with van der Waals surface area (Å²) in [6.07, 6.45) is 0.479. The number of benzene rings is 2. The number of rotatable bonds is 8. The zero-order valence-electron chi connectivity index (χ0n) is 19.3. The lowest BCUT2D eigenvalue weighted by atomic mass is 10.1. The number of thioether (sulfide) groups is 1. The lowest BCUT2D eigenvalue weighted by Gasteiger charge is -2.09. The summed E-state index contributed by atoms with van der Waals surface area (Å²) in [5.74, 6) is 0.647. The normalized spacial score (nSPS) is 10.9. The fraction of sp³-hybridized carbons (Fsp3) is 0.240. The Balaban J connectivity index is 1.34. The van der Waals surface area contributed by atoms with Crippen LogP contribution in [-0.2, 0) is 11.2 Å². The second-order valence-electron chi connectivity index (χ2n) is 8.08. The van der Waals surface area contributed by atoms with Crippen LogP contribution in [0.15, 0.2) is 59.6 Å². The highest BCUT2D eigenvalue weighted by Gasteiger charge is 2.11. The highest BCUT2D eigenvalue weighted by molar-refractivity contribution is 7.99. The van der Waals surface area contributed by atoms with Crippen LogP contribution < -0.4 is 10.6 Å². The average Bonchev–Trinajstić information content (AvgIpc) is 3.22. The van der Waals surface area contributed by atoms with Gasteiger partial charge in [0.05, 0.1) is 5.75 Å². The molecule has 9 heteroatoms. The van der Waals surface area contributed by atoms with E-state index in [1.54, 1.807) is 16.6 Å². The van der Waals surface area contributed by atoms with Crippen molar-refractivity contribution in [2.24, 2.45) is 0 Å². The number of nitrogens with zero attached hydrogens (tertiary/aromatic N) is 4. The van der Waals surface area contributed by atoms with Crippen molar-refractivity contribution in [1.29, 1.82) is 0 Å². The second kappa shape index (κ2) is 10.5. The highest BCUT2D eigenvalue weighted by Crippen LogP contribution is 2.19. The van der Waals surface area contributed by atoms with Gasteiger partial charge in [0, 0.05) is 24.2 Å². The van der Waals surface area contributed by atoms with E-state index in [4.69, 9.17) is 0 Å². The Morgan fingerprint density at radius 1 is 0.941 bits per heavy atom. The van der Waals surface area contributed by atoms with Gasteiger partial charge in [0.15, 0.2) is 11.5 Å². The van der Waals surface area contributed by atoms with Crippen molar-refractivity contribution < 1.29 is 9.59 Å². The number of fused-ring (bicyclic) bond motifs is 1. The quantitative estimate of drug-likeness (QED) is 0.377. The van der Waals surface area contributed by atoms with E-state index in [1.807, 2.05) is 63.2 Å². The average molecular weight is 475 g/mol. The Kier molecular flexibility index (Phi) is 7.22. The molecule has 34 heavy (non-hydrogen) atoms. The van der Waals surface area contributed by atoms with E-state index in [9.17, 15) is 9.59 Å². The van der Waals surface area contributed by atoms with E-state index >= 15 is 0 Å². The number of hydrogen-bond donors (Lipinski definition) is 2. The molecule has 0 aliphatic carbocycles. The summed E-state index contributed by atoms with van der Waals surface area (Å²) < 4.78 is 1.66. The summed E-state index contributed by atoms with van der Waals surface area (Å²) in [6, 6.07) is 17.0. The molecule has 0 unspecified atom stereocenters. The molecule has 4 aromatic rings. The molecule has 0 saturated carbocycles. The van der Waals surface area contributed by atoms with E-state index in [0.717, 1.165) is 22.4 Å². The molecule has 2 amide bonds. The molecule has 0 aliphatic heterocycles. The van der Waals surface area contributed by atoms with Gasteiger partial charge in [-0.2, -0.15) is 9.61 Å². The number of anilines is 1. The monoisotopic (exact) mass is 474 g/mol. The molecule has 0 radical (unpaired) electrons. The van der Waals surface area contributed by atoms with E-state index in [2.05, 4.69) is 25.9 Å². The van der Waals surface area contributed by atoms with Gasteiger partial charge in [-0.15, -0.1) is 10.2 Å². The number of hydrogen-bond acceptors (Lipinski definition) is 6.